The minimum atomic E-state index is -0.109. The molecule has 1 rings (SSSR count). The Kier molecular flexibility index (Phi) is 6.14. The molecular weight excluding hydrogens is 281 g/mol. The highest BCUT2D eigenvalue weighted by Crippen LogP contribution is 2.20. The lowest BCUT2D eigenvalue weighted by molar-refractivity contribution is 0.394. The third kappa shape index (κ3) is 4.76. The van der Waals surface area contributed by atoms with Gasteiger partial charge in [-0.25, -0.2) is 4.39 Å². The first-order valence-electron chi connectivity index (χ1n) is 6.22. The standard InChI is InChI=1S/C14H21BrFN/c1-4-7-17-11(3)10(2)8-12-9-13(15)5-6-14(12)16/h5-6,9-11,17H,4,7-8H2,1-3H3. The van der Waals surface area contributed by atoms with Crippen LogP contribution in [-0.4, -0.2) is 12.6 Å². The molecule has 0 heterocycles. The zero-order valence-electron chi connectivity index (χ0n) is 10.8. The van der Waals surface area contributed by atoms with Crippen molar-refractivity contribution in [2.75, 3.05) is 6.54 Å². The monoisotopic (exact) mass is 301 g/mol. The van der Waals surface area contributed by atoms with Gasteiger partial charge in [0.25, 0.3) is 0 Å². The fourth-order valence-electron chi connectivity index (χ4n) is 1.80. The third-order valence-electron chi connectivity index (χ3n) is 3.12. The van der Waals surface area contributed by atoms with Gasteiger partial charge < -0.3 is 5.32 Å². The first-order valence-corrected chi connectivity index (χ1v) is 7.01. The second-order valence-corrected chi connectivity index (χ2v) is 5.58. The lowest BCUT2D eigenvalue weighted by Crippen LogP contribution is -2.33. The van der Waals surface area contributed by atoms with Crippen molar-refractivity contribution in [3.8, 4) is 0 Å². The highest BCUT2D eigenvalue weighted by atomic mass is 79.9. The molecule has 1 nitrogen and oxygen atoms in total. The van der Waals surface area contributed by atoms with Crippen LogP contribution in [-0.2, 0) is 6.42 Å². The smallest absolute Gasteiger partial charge is 0.126 e. The van der Waals surface area contributed by atoms with Gasteiger partial charge in [-0.2, -0.15) is 0 Å². The average Bonchev–Trinajstić information content (AvgIpc) is 2.30. The molecule has 0 radical (unpaired) electrons. The van der Waals surface area contributed by atoms with E-state index >= 15 is 0 Å². The number of rotatable bonds is 6. The lowest BCUT2D eigenvalue weighted by Gasteiger charge is -2.21. The van der Waals surface area contributed by atoms with Crippen molar-refractivity contribution in [3.05, 3.63) is 34.1 Å². The zero-order chi connectivity index (χ0) is 12.8. The Balaban J connectivity index is 2.60. The molecule has 2 atom stereocenters. The fourth-order valence-corrected chi connectivity index (χ4v) is 2.21. The van der Waals surface area contributed by atoms with Gasteiger partial charge in [0.1, 0.15) is 5.82 Å². The van der Waals surface area contributed by atoms with E-state index in [1.165, 1.54) is 6.07 Å². The van der Waals surface area contributed by atoms with Crippen LogP contribution in [0.4, 0.5) is 4.39 Å². The van der Waals surface area contributed by atoms with Crippen LogP contribution >= 0.6 is 15.9 Å². The van der Waals surface area contributed by atoms with Crippen molar-refractivity contribution in [2.24, 2.45) is 5.92 Å². The van der Waals surface area contributed by atoms with E-state index in [-0.39, 0.29) is 5.82 Å². The summed E-state index contributed by atoms with van der Waals surface area (Å²) < 4.78 is 14.5. The summed E-state index contributed by atoms with van der Waals surface area (Å²) in [7, 11) is 0. The highest BCUT2D eigenvalue weighted by Gasteiger charge is 2.14. The number of hydrogen-bond acceptors (Lipinski definition) is 1. The summed E-state index contributed by atoms with van der Waals surface area (Å²) >= 11 is 3.38. The summed E-state index contributed by atoms with van der Waals surface area (Å²) in [5.74, 6) is 0.313. The molecule has 1 aromatic carbocycles. The molecule has 0 bridgehead atoms. The number of hydrogen-bond donors (Lipinski definition) is 1. The Morgan fingerprint density at radius 3 is 2.71 bits per heavy atom. The number of benzene rings is 1. The van der Waals surface area contributed by atoms with Crippen molar-refractivity contribution in [2.45, 2.75) is 39.7 Å². The van der Waals surface area contributed by atoms with E-state index in [1.54, 1.807) is 6.07 Å². The Bertz CT molecular complexity index is 354. The minimum Gasteiger partial charge on any atom is -0.314 e. The van der Waals surface area contributed by atoms with Gasteiger partial charge in [-0.05, 0) is 56.0 Å². The molecular formula is C14H21BrFN. The van der Waals surface area contributed by atoms with Crippen molar-refractivity contribution >= 4 is 15.9 Å². The molecule has 0 spiro atoms. The molecule has 0 aliphatic carbocycles. The molecule has 3 heteroatoms. The number of nitrogens with one attached hydrogen (secondary N) is 1. The Morgan fingerprint density at radius 2 is 2.06 bits per heavy atom. The molecule has 2 unspecified atom stereocenters. The van der Waals surface area contributed by atoms with Gasteiger partial charge in [-0.3, -0.25) is 0 Å². The van der Waals surface area contributed by atoms with E-state index in [0.717, 1.165) is 29.4 Å². The van der Waals surface area contributed by atoms with Gasteiger partial charge >= 0.3 is 0 Å². The summed E-state index contributed by atoms with van der Waals surface area (Å²) in [5, 5.41) is 3.45. The molecule has 96 valence electrons. The molecule has 1 aromatic rings. The van der Waals surface area contributed by atoms with Gasteiger partial charge in [0.2, 0.25) is 0 Å². The molecule has 0 aliphatic heterocycles. The fraction of sp³-hybridized carbons (Fsp3) is 0.571. The zero-order valence-corrected chi connectivity index (χ0v) is 12.3. The van der Waals surface area contributed by atoms with Gasteiger partial charge in [0.15, 0.2) is 0 Å². The molecule has 0 amide bonds. The SMILES string of the molecule is CCCNC(C)C(C)Cc1cc(Br)ccc1F. The maximum absolute atomic E-state index is 13.6. The first kappa shape index (κ1) is 14.7. The third-order valence-corrected chi connectivity index (χ3v) is 3.61. The second kappa shape index (κ2) is 7.12. The first-order chi connectivity index (χ1) is 8.04. The van der Waals surface area contributed by atoms with Crippen LogP contribution in [0.2, 0.25) is 0 Å². The van der Waals surface area contributed by atoms with Crippen LogP contribution < -0.4 is 5.32 Å². The molecule has 0 saturated carbocycles. The van der Waals surface area contributed by atoms with Gasteiger partial charge in [-0.15, -0.1) is 0 Å². The van der Waals surface area contributed by atoms with E-state index < -0.39 is 0 Å². The van der Waals surface area contributed by atoms with Crippen molar-refractivity contribution in [1.82, 2.24) is 5.32 Å². The van der Waals surface area contributed by atoms with E-state index in [0.29, 0.717) is 12.0 Å². The van der Waals surface area contributed by atoms with Crippen LogP contribution in [0.25, 0.3) is 0 Å². The predicted molar refractivity (Wildman–Crippen MR) is 74.7 cm³/mol. The maximum Gasteiger partial charge on any atom is 0.126 e. The summed E-state index contributed by atoms with van der Waals surface area (Å²) in [5.41, 5.74) is 0.789. The molecule has 0 aliphatic rings. The van der Waals surface area contributed by atoms with Crippen molar-refractivity contribution in [1.29, 1.82) is 0 Å². The predicted octanol–water partition coefficient (Wildman–Crippen LogP) is 4.15. The molecule has 0 saturated heterocycles. The van der Waals surface area contributed by atoms with E-state index in [1.807, 2.05) is 6.07 Å². The number of halogens is 2. The topological polar surface area (TPSA) is 12.0 Å². The van der Waals surface area contributed by atoms with Crippen LogP contribution in [0, 0.1) is 11.7 Å². The molecule has 0 fully saturated rings. The Hall–Kier alpha value is -0.410. The second-order valence-electron chi connectivity index (χ2n) is 4.66. The normalized spacial score (nSPS) is 14.6. The molecule has 17 heavy (non-hydrogen) atoms. The average molecular weight is 302 g/mol. The summed E-state index contributed by atoms with van der Waals surface area (Å²) in [6.07, 6.45) is 1.89. The van der Waals surface area contributed by atoms with Crippen LogP contribution in [0.15, 0.2) is 22.7 Å². The molecule has 0 aromatic heterocycles. The quantitative estimate of drug-likeness (QED) is 0.832. The Labute approximate surface area is 112 Å². The van der Waals surface area contributed by atoms with Crippen molar-refractivity contribution in [3.63, 3.8) is 0 Å². The molecule has 1 N–H and O–H groups in total. The summed E-state index contributed by atoms with van der Waals surface area (Å²) in [6.45, 7) is 7.49. The van der Waals surface area contributed by atoms with Gasteiger partial charge in [0, 0.05) is 10.5 Å². The largest absolute Gasteiger partial charge is 0.314 e. The maximum atomic E-state index is 13.6. The van der Waals surface area contributed by atoms with Crippen LogP contribution in [0.1, 0.15) is 32.8 Å². The lowest BCUT2D eigenvalue weighted by atomic mass is 9.94. The van der Waals surface area contributed by atoms with E-state index in [9.17, 15) is 4.39 Å². The van der Waals surface area contributed by atoms with Crippen LogP contribution in [0.3, 0.4) is 0 Å². The van der Waals surface area contributed by atoms with Crippen LogP contribution in [0.5, 0.6) is 0 Å². The van der Waals surface area contributed by atoms with Gasteiger partial charge in [-0.1, -0.05) is 29.8 Å². The summed E-state index contributed by atoms with van der Waals surface area (Å²) in [4.78, 5) is 0. The van der Waals surface area contributed by atoms with E-state index in [4.69, 9.17) is 0 Å². The summed E-state index contributed by atoms with van der Waals surface area (Å²) in [6, 6.07) is 5.55. The van der Waals surface area contributed by atoms with Gasteiger partial charge in [0.05, 0.1) is 0 Å². The highest BCUT2D eigenvalue weighted by molar-refractivity contribution is 9.10. The van der Waals surface area contributed by atoms with E-state index in [2.05, 4.69) is 42.0 Å². The minimum absolute atomic E-state index is 0.109. The Morgan fingerprint density at radius 1 is 1.35 bits per heavy atom. The van der Waals surface area contributed by atoms with Crippen molar-refractivity contribution < 1.29 is 4.39 Å².